The van der Waals surface area contributed by atoms with Crippen LogP contribution in [0.5, 0.6) is 0 Å². The molecule has 2 saturated heterocycles. The van der Waals surface area contributed by atoms with Crippen molar-refractivity contribution in [1.29, 1.82) is 0 Å². The summed E-state index contributed by atoms with van der Waals surface area (Å²) in [5.74, 6) is -1.31. The van der Waals surface area contributed by atoms with Gasteiger partial charge < -0.3 is 14.6 Å². The number of aliphatic carboxylic acids is 1. The maximum absolute atomic E-state index is 12.4. The van der Waals surface area contributed by atoms with Crippen LogP contribution in [-0.2, 0) is 23.9 Å². The van der Waals surface area contributed by atoms with Gasteiger partial charge in [-0.1, -0.05) is 19.4 Å². The first-order valence-corrected chi connectivity index (χ1v) is 11.0. The molecule has 6 aliphatic rings. The van der Waals surface area contributed by atoms with Crippen molar-refractivity contribution in [3.05, 3.63) is 11.6 Å². The van der Waals surface area contributed by atoms with E-state index in [0.717, 1.165) is 37.7 Å². The van der Waals surface area contributed by atoms with Gasteiger partial charge in [-0.3, -0.25) is 14.4 Å². The van der Waals surface area contributed by atoms with Gasteiger partial charge in [0, 0.05) is 29.6 Å². The van der Waals surface area contributed by atoms with Crippen molar-refractivity contribution in [1.82, 2.24) is 0 Å². The molecule has 0 aromatic rings. The zero-order valence-corrected chi connectivity index (χ0v) is 17.0. The third-order valence-corrected chi connectivity index (χ3v) is 10.0. The fourth-order valence-electron chi connectivity index (χ4n) is 8.55. The number of esters is 1. The van der Waals surface area contributed by atoms with Gasteiger partial charge in [0.1, 0.15) is 11.2 Å². The quantitative estimate of drug-likeness (QED) is 0.537. The van der Waals surface area contributed by atoms with Gasteiger partial charge in [-0.15, -0.1) is 0 Å². The first-order valence-electron chi connectivity index (χ1n) is 11.0. The Kier molecular flexibility index (Phi) is 3.20. The molecule has 6 rings (SSSR count). The third kappa shape index (κ3) is 1.86. The van der Waals surface area contributed by atoms with Gasteiger partial charge in [0.2, 0.25) is 0 Å². The number of carboxylic acid groups (broad SMARTS) is 1. The first-order chi connectivity index (χ1) is 13.7. The van der Waals surface area contributed by atoms with Crippen molar-refractivity contribution in [2.24, 2.45) is 28.6 Å². The molecule has 4 aliphatic carbocycles. The first kappa shape index (κ1) is 18.1. The fourth-order valence-corrected chi connectivity index (χ4v) is 8.55. The molecule has 2 aliphatic heterocycles. The van der Waals surface area contributed by atoms with Crippen LogP contribution < -0.4 is 0 Å². The van der Waals surface area contributed by atoms with E-state index in [1.165, 1.54) is 0 Å². The van der Waals surface area contributed by atoms with Crippen molar-refractivity contribution in [3.63, 3.8) is 0 Å². The number of carboxylic acids is 1. The summed E-state index contributed by atoms with van der Waals surface area (Å²) in [5.41, 5.74) is -0.492. The second kappa shape index (κ2) is 5.13. The van der Waals surface area contributed by atoms with E-state index in [9.17, 15) is 19.5 Å². The smallest absolute Gasteiger partial charge is 0.307 e. The molecule has 0 aromatic carbocycles. The number of fused-ring (bicyclic) bond motifs is 4. The SMILES string of the molecule is CC12CCC(=O)C=C1CC(C(=O)O)C1C3CCC4(CCC(=O)O4)C3(C)CC3OC312. The highest BCUT2D eigenvalue weighted by Crippen LogP contribution is 2.78. The molecule has 29 heavy (non-hydrogen) atoms. The zero-order valence-electron chi connectivity index (χ0n) is 17.0. The molecule has 0 radical (unpaired) electrons. The van der Waals surface area contributed by atoms with Crippen LogP contribution in [0.1, 0.15) is 65.2 Å². The molecular formula is C23H28O6. The van der Waals surface area contributed by atoms with E-state index in [2.05, 4.69) is 13.8 Å². The lowest BCUT2D eigenvalue weighted by Crippen LogP contribution is -2.63. The van der Waals surface area contributed by atoms with E-state index in [0.29, 0.717) is 19.3 Å². The molecule has 3 saturated carbocycles. The fraction of sp³-hybridized carbons (Fsp3) is 0.783. The standard InChI is InChI=1S/C23H28O6/c1-20-6-3-13(24)9-12(20)10-14(19(26)27)18-15-4-7-22(8-5-17(25)29-22)21(15,2)11-16-23(18,20)28-16/h9,14-16,18H,3-8,10-11H2,1-2H3,(H,26,27). The summed E-state index contributed by atoms with van der Waals surface area (Å²) in [5, 5.41) is 10.2. The van der Waals surface area contributed by atoms with Crippen molar-refractivity contribution in [2.75, 3.05) is 0 Å². The lowest BCUT2D eigenvalue weighted by Gasteiger charge is -2.58. The molecule has 5 fully saturated rings. The topological polar surface area (TPSA) is 93.2 Å². The summed E-state index contributed by atoms with van der Waals surface area (Å²) in [6, 6.07) is 0. The van der Waals surface area contributed by atoms with Crippen molar-refractivity contribution >= 4 is 17.7 Å². The molecule has 2 spiro atoms. The Morgan fingerprint density at radius 2 is 1.97 bits per heavy atom. The van der Waals surface area contributed by atoms with E-state index in [4.69, 9.17) is 9.47 Å². The minimum Gasteiger partial charge on any atom is -0.481 e. The summed E-state index contributed by atoms with van der Waals surface area (Å²) in [6.45, 7) is 4.41. The molecule has 8 atom stereocenters. The Hall–Kier alpha value is -1.69. The van der Waals surface area contributed by atoms with Gasteiger partial charge >= 0.3 is 11.9 Å². The number of ether oxygens (including phenoxy) is 2. The van der Waals surface area contributed by atoms with Crippen molar-refractivity contribution in [2.45, 2.75) is 82.5 Å². The molecule has 6 heteroatoms. The molecule has 0 aromatic heterocycles. The summed E-state index contributed by atoms with van der Waals surface area (Å²) in [6.07, 6.45) is 7.07. The lowest BCUT2D eigenvalue weighted by atomic mass is 9.43. The van der Waals surface area contributed by atoms with E-state index in [-0.39, 0.29) is 40.5 Å². The number of carbonyl (C=O) groups is 3. The Balaban J connectivity index is 1.49. The highest BCUT2D eigenvalue weighted by atomic mass is 16.6. The Labute approximate surface area is 170 Å². The summed E-state index contributed by atoms with van der Waals surface area (Å²) < 4.78 is 12.5. The van der Waals surface area contributed by atoms with Crippen molar-refractivity contribution < 1.29 is 29.0 Å². The Morgan fingerprint density at radius 1 is 1.17 bits per heavy atom. The average molecular weight is 400 g/mol. The largest absolute Gasteiger partial charge is 0.481 e. The molecular weight excluding hydrogens is 372 g/mol. The minimum atomic E-state index is -0.793. The molecule has 156 valence electrons. The van der Waals surface area contributed by atoms with Gasteiger partial charge in [0.15, 0.2) is 5.78 Å². The number of hydrogen-bond acceptors (Lipinski definition) is 5. The second-order valence-corrected chi connectivity index (χ2v) is 10.8. The Bertz CT molecular complexity index is 892. The number of hydrogen-bond donors (Lipinski definition) is 1. The van der Waals surface area contributed by atoms with Crippen LogP contribution in [0.2, 0.25) is 0 Å². The highest BCUT2D eigenvalue weighted by molar-refractivity contribution is 5.92. The second-order valence-electron chi connectivity index (χ2n) is 10.8. The predicted molar refractivity (Wildman–Crippen MR) is 101 cm³/mol. The summed E-state index contributed by atoms with van der Waals surface area (Å²) in [4.78, 5) is 36.6. The minimum absolute atomic E-state index is 0.0215. The van der Waals surface area contributed by atoms with Gasteiger partial charge in [-0.2, -0.15) is 0 Å². The number of epoxide rings is 1. The van der Waals surface area contributed by atoms with Crippen molar-refractivity contribution in [3.8, 4) is 0 Å². The Morgan fingerprint density at radius 3 is 2.66 bits per heavy atom. The molecule has 0 amide bonds. The lowest BCUT2D eigenvalue weighted by molar-refractivity contribution is -0.171. The number of ketones is 1. The van der Waals surface area contributed by atoms with E-state index >= 15 is 0 Å². The maximum atomic E-state index is 12.4. The summed E-state index contributed by atoms with van der Waals surface area (Å²) >= 11 is 0. The van der Waals surface area contributed by atoms with Gasteiger partial charge in [0.05, 0.1) is 12.0 Å². The molecule has 8 unspecified atom stereocenters. The molecule has 0 bridgehead atoms. The molecule has 1 N–H and O–H groups in total. The van der Waals surface area contributed by atoms with Gasteiger partial charge in [0.25, 0.3) is 0 Å². The highest BCUT2D eigenvalue weighted by Gasteiger charge is 2.83. The van der Waals surface area contributed by atoms with Crippen LogP contribution in [0, 0.1) is 28.6 Å². The third-order valence-electron chi connectivity index (χ3n) is 10.0. The van der Waals surface area contributed by atoms with Crippen LogP contribution in [0.3, 0.4) is 0 Å². The monoisotopic (exact) mass is 400 g/mol. The van der Waals surface area contributed by atoms with Gasteiger partial charge in [-0.05, 0) is 50.5 Å². The van der Waals surface area contributed by atoms with Crippen LogP contribution in [0.4, 0.5) is 0 Å². The van der Waals surface area contributed by atoms with Gasteiger partial charge in [-0.25, -0.2) is 0 Å². The molecule has 6 nitrogen and oxygen atoms in total. The summed E-state index contributed by atoms with van der Waals surface area (Å²) in [7, 11) is 0. The predicted octanol–water partition coefficient (Wildman–Crippen LogP) is 3.04. The van der Waals surface area contributed by atoms with Crippen LogP contribution in [0.25, 0.3) is 0 Å². The number of rotatable bonds is 1. The van der Waals surface area contributed by atoms with E-state index < -0.39 is 23.1 Å². The number of carbonyl (C=O) groups excluding carboxylic acids is 2. The van der Waals surface area contributed by atoms with E-state index in [1.54, 1.807) is 6.08 Å². The van der Waals surface area contributed by atoms with Crippen LogP contribution in [0.15, 0.2) is 11.6 Å². The zero-order chi connectivity index (χ0) is 20.4. The molecule has 2 heterocycles. The average Bonchev–Trinajstić information content (AvgIpc) is 3.14. The van der Waals surface area contributed by atoms with E-state index in [1.807, 2.05) is 0 Å². The van der Waals surface area contributed by atoms with Crippen LogP contribution >= 0.6 is 0 Å². The normalized spacial score (nSPS) is 54.8. The van der Waals surface area contributed by atoms with Crippen LogP contribution in [-0.4, -0.2) is 40.1 Å². The maximum Gasteiger partial charge on any atom is 0.307 e.